The van der Waals surface area contributed by atoms with Gasteiger partial charge >= 0.3 is 6.03 Å². The van der Waals surface area contributed by atoms with Gasteiger partial charge in [0.05, 0.1) is 7.11 Å². The van der Waals surface area contributed by atoms with Crippen molar-refractivity contribution in [2.45, 2.75) is 25.4 Å². The van der Waals surface area contributed by atoms with Gasteiger partial charge in [-0.15, -0.1) is 0 Å². The Bertz CT molecular complexity index is 731. The topological polar surface area (TPSA) is 53.6 Å². The van der Waals surface area contributed by atoms with Crippen LogP contribution >= 0.6 is 0 Å². The lowest BCUT2D eigenvalue weighted by Gasteiger charge is -2.32. The monoisotopic (exact) mass is 357 g/mol. The Morgan fingerprint density at radius 2 is 1.92 bits per heavy atom. The second kappa shape index (κ2) is 8.67. The fraction of sp³-hybridized carbons (Fsp3) is 0.350. The summed E-state index contributed by atoms with van der Waals surface area (Å²) in [6.45, 7) is 2.82. The minimum atomic E-state index is -0.500. The Kier molecular flexibility index (Phi) is 6.07. The summed E-state index contributed by atoms with van der Waals surface area (Å²) in [7, 11) is 1.41. The highest BCUT2D eigenvalue weighted by atomic mass is 19.1. The molecule has 1 aliphatic heterocycles. The van der Waals surface area contributed by atoms with Gasteiger partial charge in [-0.25, -0.2) is 9.18 Å². The fourth-order valence-corrected chi connectivity index (χ4v) is 3.17. The Labute approximate surface area is 153 Å². The van der Waals surface area contributed by atoms with Gasteiger partial charge in [-0.05, 0) is 30.5 Å². The summed E-state index contributed by atoms with van der Waals surface area (Å²) in [6, 6.07) is 14.6. The number of anilines is 1. The van der Waals surface area contributed by atoms with Gasteiger partial charge < -0.3 is 15.4 Å². The third-order valence-electron chi connectivity index (χ3n) is 4.58. The molecule has 138 valence electrons. The summed E-state index contributed by atoms with van der Waals surface area (Å²) in [5.74, 6) is -0.346. The molecule has 0 spiro atoms. The Balaban J connectivity index is 1.44. The highest BCUT2D eigenvalue weighted by Crippen LogP contribution is 2.20. The first-order valence-electron chi connectivity index (χ1n) is 8.81. The van der Waals surface area contributed by atoms with Crippen molar-refractivity contribution in [2.75, 3.05) is 25.5 Å². The maximum atomic E-state index is 13.7. The Morgan fingerprint density at radius 1 is 1.19 bits per heavy atom. The van der Waals surface area contributed by atoms with Crippen molar-refractivity contribution in [3.05, 3.63) is 59.9 Å². The van der Waals surface area contributed by atoms with Crippen LogP contribution in [0.2, 0.25) is 0 Å². The van der Waals surface area contributed by atoms with Gasteiger partial charge in [0.15, 0.2) is 11.6 Å². The molecule has 0 aromatic heterocycles. The summed E-state index contributed by atoms with van der Waals surface area (Å²) in [6.07, 6.45) is 1.80. The van der Waals surface area contributed by atoms with Crippen molar-refractivity contribution < 1.29 is 13.9 Å². The molecule has 0 unspecified atom stereocenters. The number of hydrogen-bond acceptors (Lipinski definition) is 3. The molecule has 5 nitrogen and oxygen atoms in total. The van der Waals surface area contributed by atoms with Crippen molar-refractivity contribution in [1.29, 1.82) is 0 Å². The largest absolute Gasteiger partial charge is 0.494 e. The number of carbonyl (C=O) groups excluding carboxylic acids is 1. The molecule has 3 rings (SSSR count). The van der Waals surface area contributed by atoms with Gasteiger partial charge in [-0.1, -0.05) is 30.3 Å². The average Bonchev–Trinajstić information content (AvgIpc) is 2.64. The molecule has 0 aliphatic carbocycles. The number of urea groups is 1. The molecular formula is C20H24FN3O2. The molecule has 0 saturated carbocycles. The van der Waals surface area contributed by atoms with E-state index in [9.17, 15) is 9.18 Å². The number of benzene rings is 2. The van der Waals surface area contributed by atoms with Gasteiger partial charge in [0, 0.05) is 37.4 Å². The molecule has 2 N–H and O–H groups in total. The number of hydrogen-bond donors (Lipinski definition) is 2. The van der Waals surface area contributed by atoms with E-state index in [-0.39, 0.29) is 17.8 Å². The lowest BCUT2D eigenvalue weighted by molar-refractivity contribution is 0.190. The Hall–Kier alpha value is -2.60. The molecular weight excluding hydrogens is 333 g/mol. The normalized spacial score (nSPS) is 15.5. The summed E-state index contributed by atoms with van der Waals surface area (Å²) in [5.41, 5.74) is 1.71. The van der Waals surface area contributed by atoms with Gasteiger partial charge in [-0.3, -0.25) is 4.90 Å². The smallest absolute Gasteiger partial charge is 0.319 e. The van der Waals surface area contributed by atoms with Crippen molar-refractivity contribution in [3.8, 4) is 5.75 Å². The zero-order chi connectivity index (χ0) is 18.4. The summed E-state index contributed by atoms with van der Waals surface area (Å²) < 4.78 is 18.6. The molecule has 2 aromatic rings. The van der Waals surface area contributed by atoms with Crippen molar-refractivity contribution in [1.82, 2.24) is 10.2 Å². The Morgan fingerprint density at radius 3 is 2.58 bits per heavy atom. The lowest BCUT2D eigenvalue weighted by atomic mass is 10.0. The highest BCUT2D eigenvalue weighted by Gasteiger charge is 2.20. The number of amides is 2. The first kappa shape index (κ1) is 18.2. The molecule has 0 radical (unpaired) electrons. The first-order valence-corrected chi connectivity index (χ1v) is 8.81. The van der Waals surface area contributed by atoms with Gasteiger partial charge in [0.1, 0.15) is 0 Å². The average molecular weight is 357 g/mol. The first-order chi connectivity index (χ1) is 12.6. The van der Waals surface area contributed by atoms with E-state index in [0.717, 1.165) is 32.5 Å². The predicted molar refractivity (Wildman–Crippen MR) is 99.8 cm³/mol. The SMILES string of the molecule is COc1ccc(NC(=O)NC2CCN(Cc3ccccc3)CC2)cc1F. The standard InChI is InChI=1S/C20H24FN3O2/c1-26-19-8-7-17(13-18(19)21)23-20(25)22-16-9-11-24(12-10-16)14-15-5-3-2-4-6-15/h2-8,13,16H,9-12,14H2,1H3,(H2,22,23,25). The van der Waals surface area contributed by atoms with Crippen molar-refractivity contribution in [2.24, 2.45) is 0 Å². The van der Waals surface area contributed by atoms with Gasteiger partial charge in [0.25, 0.3) is 0 Å². The van der Waals surface area contributed by atoms with Gasteiger partial charge in [-0.2, -0.15) is 0 Å². The maximum absolute atomic E-state index is 13.7. The maximum Gasteiger partial charge on any atom is 0.319 e. The molecule has 0 bridgehead atoms. The van der Waals surface area contributed by atoms with Crippen LogP contribution < -0.4 is 15.4 Å². The zero-order valence-electron chi connectivity index (χ0n) is 14.9. The number of piperidine rings is 1. The van der Waals surface area contributed by atoms with Crippen LogP contribution in [0.5, 0.6) is 5.75 Å². The van der Waals surface area contributed by atoms with E-state index in [4.69, 9.17) is 4.74 Å². The third kappa shape index (κ3) is 4.95. The van der Waals surface area contributed by atoms with E-state index in [0.29, 0.717) is 5.69 Å². The van der Waals surface area contributed by atoms with Crippen molar-refractivity contribution >= 4 is 11.7 Å². The van der Waals surface area contributed by atoms with E-state index >= 15 is 0 Å². The molecule has 26 heavy (non-hydrogen) atoms. The number of ether oxygens (including phenoxy) is 1. The molecule has 6 heteroatoms. The van der Waals surface area contributed by atoms with E-state index in [1.807, 2.05) is 6.07 Å². The molecule has 1 heterocycles. The zero-order valence-corrected chi connectivity index (χ0v) is 14.9. The number of rotatable bonds is 5. The number of nitrogens with zero attached hydrogens (tertiary/aromatic N) is 1. The second-order valence-electron chi connectivity index (χ2n) is 6.48. The van der Waals surface area contributed by atoms with E-state index < -0.39 is 5.82 Å². The lowest BCUT2D eigenvalue weighted by Crippen LogP contribution is -2.45. The van der Waals surface area contributed by atoms with Crippen LogP contribution in [-0.4, -0.2) is 37.2 Å². The minimum absolute atomic E-state index is 0.130. The molecule has 2 aromatic carbocycles. The van der Waals surface area contributed by atoms with E-state index in [1.165, 1.54) is 24.8 Å². The molecule has 2 amide bonds. The van der Waals surface area contributed by atoms with Gasteiger partial charge in [0.2, 0.25) is 0 Å². The third-order valence-corrected chi connectivity index (χ3v) is 4.58. The summed E-state index contributed by atoms with van der Waals surface area (Å²) >= 11 is 0. The molecule has 1 fully saturated rings. The van der Waals surface area contributed by atoms with Crippen LogP contribution in [0.15, 0.2) is 48.5 Å². The highest BCUT2D eigenvalue weighted by molar-refractivity contribution is 5.89. The van der Waals surface area contributed by atoms with Crippen molar-refractivity contribution in [3.63, 3.8) is 0 Å². The molecule has 0 atom stereocenters. The van der Waals surface area contributed by atoms with Crippen LogP contribution in [0.3, 0.4) is 0 Å². The van der Waals surface area contributed by atoms with Crippen LogP contribution in [0.4, 0.5) is 14.9 Å². The fourth-order valence-electron chi connectivity index (χ4n) is 3.17. The number of methoxy groups -OCH3 is 1. The molecule has 1 aliphatic rings. The van der Waals surface area contributed by atoms with Crippen LogP contribution in [0, 0.1) is 5.82 Å². The summed E-state index contributed by atoms with van der Waals surface area (Å²) in [4.78, 5) is 14.5. The number of nitrogens with one attached hydrogen (secondary N) is 2. The van der Waals surface area contributed by atoms with Crippen LogP contribution in [-0.2, 0) is 6.54 Å². The quantitative estimate of drug-likeness (QED) is 0.859. The minimum Gasteiger partial charge on any atom is -0.494 e. The number of carbonyl (C=O) groups is 1. The number of halogens is 1. The van der Waals surface area contributed by atoms with E-state index in [2.05, 4.69) is 39.8 Å². The van der Waals surface area contributed by atoms with Crippen LogP contribution in [0.25, 0.3) is 0 Å². The van der Waals surface area contributed by atoms with E-state index in [1.54, 1.807) is 6.07 Å². The predicted octanol–water partition coefficient (Wildman–Crippen LogP) is 3.62. The molecule has 1 saturated heterocycles. The van der Waals surface area contributed by atoms with Crippen LogP contribution in [0.1, 0.15) is 18.4 Å². The second-order valence-corrected chi connectivity index (χ2v) is 6.48. The number of likely N-dealkylation sites (tertiary alicyclic amines) is 1. The summed E-state index contributed by atoms with van der Waals surface area (Å²) in [5, 5.41) is 5.64.